The van der Waals surface area contributed by atoms with E-state index in [0.717, 1.165) is 10.9 Å². The lowest BCUT2D eigenvalue weighted by atomic mass is 10.2. The Hall–Kier alpha value is -1.09. The maximum Gasteiger partial charge on any atom is 0.0929 e. The standard InChI is InChI=1S/C8H6N2.H2S/c1-2-4-8-7(3-1)5-6-9-10-8;/h1-6H;1H2. The van der Waals surface area contributed by atoms with Gasteiger partial charge in [0, 0.05) is 5.39 Å². The first-order valence-corrected chi connectivity index (χ1v) is 3.13. The highest BCUT2D eigenvalue weighted by Gasteiger charge is 1.87. The monoisotopic (exact) mass is 164 g/mol. The molecule has 0 unspecified atom stereocenters. The van der Waals surface area contributed by atoms with Crippen molar-refractivity contribution in [2.75, 3.05) is 0 Å². The van der Waals surface area contributed by atoms with Crippen molar-refractivity contribution >= 4 is 24.4 Å². The Bertz CT molecular complexity index is 283. The van der Waals surface area contributed by atoms with Crippen LogP contribution in [0.3, 0.4) is 0 Å². The molecule has 2 aromatic rings. The molecule has 1 heterocycles. The first-order chi connectivity index (χ1) is 4.97. The fourth-order valence-electron chi connectivity index (χ4n) is 0.929. The van der Waals surface area contributed by atoms with Crippen LogP contribution in [0.1, 0.15) is 0 Å². The van der Waals surface area contributed by atoms with E-state index in [4.69, 9.17) is 0 Å². The molecular formula is C8H8N2S. The van der Waals surface area contributed by atoms with E-state index in [9.17, 15) is 0 Å². The summed E-state index contributed by atoms with van der Waals surface area (Å²) in [4.78, 5) is 0. The zero-order valence-electron chi connectivity index (χ0n) is 5.86. The molecule has 2 nitrogen and oxygen atoms in total. The summed E-state index contributed by atoms with van der Waals surface area (Å²) in [5.74, 6) is 0. The number of rotatable bonds is 0. The van der Waals surface area contributed by atoms with Gasteiger partial charge in [0.05, 0.1) is 11.7 Å². The number of nitrogens with zero attached hydrogens (tertiary/aromatic N) is 2. The minimum absolute atomic E-state index is 0. The van der Waals surface area contributed by atoms with Crippen LogP contribution in [0.15, 0.2) is 36.5 Å². The molecule has 0 aliphatic heterocycles. The Kier molecular flexibility index (Phi) is 2.44. The predicted octanol–water partition coefficient (Wildman–Crippen LogP) is 1.74. The van der Waals surface area contributed by atoms with Crippen molar-refractivity contribution in [3.63, 3.8) is 0 Å². The van der Waals surface area contributed by atoms with Crippen LogP contribution in [0, 0.1) is 0 Å². The molecule has 0 aliphatic carbocycles. The topological polar surface area (TPSA) is 25.8 Å². The maximum atomic E-state index is 3.93. The second-order valence-corrected chi connectivity index (χ2v) is 2.09. The molecule has 1 aromatic carbocycles. The lowest BCUT2D eigenvalue weighted by Crippen LogP contribution is -1.79. The fraction of sp³-hybridized carbons (Fsp3) is 0. The van der Waals surface area contributed by atoms with Crippen molar-refractivity contribution in [2.45, 2.75) is 0 Å². The molecule has 0 saturated heterocycles. The van der Waals surface area contributed by atoms with Crippen molar-refractivity contribution in [1.82, 2.24) is 10.2 Å². The van der Waals surface area contributed by atoms with E-state index in [0.29, 0.717) is 0 Å². The molecule has 1 aromatic heterocycles. The van der Waals surface area contributed by atoms with Crippen molar-refractivity contribution in [2.24, 2.45) is 0 Å². The van der Waals surface area contributed by atoms with Gasteiger partial charge in [-0.05, 0) is 12.1 Å². The quantitative estimate of drug-likeness (QED) is 0.592. The van der Waals surface area contributed by atoms with Crippen LogP contribution in [-0.2, 0) is 0 Å². The van der Waals surface area contributed by atoms with Crippen LogP contribution in [-0.4, -0.2) is 10.2 Å². The average molecular weight is 164 g/mol. The molecule has 11 heavy (non-hydrogen) atoms. The number of benzene rings is 1. The first-order valence-electron chi connectivity index (χ1n) is 3.13. The zero-order valence-corrected chi connectivity index (χ0v) is 6.86. The van der Waals surface area contributed by atoms with Crippen molar-refractivity contribution in [1.29, 1.82) is 0 Å². The lowest BCUT2D eigenvalue weighted by molar-refractivity contribution is 1.08. The summed E-state index contributed by atoms with van der Waals surface area (Å²) in [6.45, 7) is 0. The highest BCUT2D eigenvalue weighted by atomic mass is 32.1. The van der Waals surface area contributed by atoms with Crippen molar-refractivity contribution in [3.05, 3.63) is 36.5 Å². The summed E-state index contributed by atoms with van der Waals surface area (Å²) in [6, 6.07) is 9.86. The van der Waals surface area contributed by atoms with Crippen LogP contribution in [0.4, 0.5) is 0 Å². The van der Waals surface area contributed by atoms with Crippen LogP contribution in [0.2, 0.25) is 0 Å². The number of fused-ring (bicyclic) bond motifs is 1. The predicted molar refractivity (Wildman–Crippen MR) is 49.9 cm³/mol. The molecule has 3 heteroatoms. The van der Waals surface area contributed by atoms with Crippen LogP contribution < -0.4 is 0 Å². The van der Waals surface area contributed by atoms with E-state index in [1.807, 2.05) is 30.3 Å². The summed E-state index contributed by atoms with van der Waals surface area (Å²) < 4.78 is 0. The van der Waals surface area contributed by atoms with E-state index < -0.39 is 0 Å². The van der Waals surface area contributed by atoms with E-state index in [-0.39, 0.29) is 13.5 Å². The van der Waals surface area contributed by atoms with Gasteiger partial charge in [-0.2, -0.15) is 23.7 Å². The van der Waals surface area contributed by atoms with Crippen LogP contribution >= 0.6 is 13.5 Å². The van der Waals surface area contributed by atoms with Crippen LogP contribution in [0.25, 0.3) is 10.9 Å². The average Bonchev–Trinajstić information content (AvgIpc) is 2.05. The molecule has 0 amide bonds. The van der Waals surface area contributed by atoms with Gasteiger partial charge in [-0.25, -0.2) is 0 Å². The van der Waals surface area contributed by atoms with Crippen molar-refractivity contribution in [3.8, 4) is 0 Å². The minimum Gasteiger partial charge on any atom is -0.197 e. The Morgan fingerprint density at radius 2 is 1.82 bits per heavy atom. The highest BCUT2D eigenvalue weighted by Crippen LogP contribution is 2.06. The van der Waals surface area contributed by atoms with Crippen LogP contribution in [0.5, 0.6) is 0 Å². The van der Waals surface area contributed by atoms with Gasteiger partial charge in [-0.1, -0.05) is 18.2 Å². The number of hydrogen-bond donors (Lipinski definition) is 0. The minimum atomic E-state index is 0. The van der Waals surface area contributed by atoms with Crippen molar-refractivity contribution < 1.29 is 0 Å². The second kappa shape index (κ2) is 3.34. The third-order valence-electron chi connectivity index (χ3n) is 1.42. The summed E-state index contributed by atoms with van der Waals surface area (Å²) in [5.41, 5.74) is 0.949. The number of hydrogen-bond acceptors (Lipinski definition) is 2. The molecule has 0 fully saturated rings. The van der Waals surface area contributed by atoms with Gasteiger partial charge < -0.3 is 0 Å². The molecule has 0 aliphatic rings. The molecular weight excluding hydrogens is 156 g/mol. The van der Waals surface area contributed by atoms with E-state index in [1.54, 1.807) is 6.20 Å². The summed E-state index contributed by atoms with van der Waals surface area (Å²) >= 11 is 0. The molecule has 0 N–H and O–H groups in total. The summed E-state index contributed by atoms with van der Waals surface area (Å²) in [6.07, 6.45) is 1.70. The lowest BCUT2D eigenvalue weighted by Gasteiger charge is -1.90. The van der Waals surface area contributed by atoms with E-state index in [2.05, 4.69) is 10.2 Å². The normalized spacial score (nSPS) is 9.09. The Balaban J connectivity index is 0.000000605. The van der Waals surface area contributed by atoms with Gasteiger partial charge >= 0.3 is 0 Å². The Morgan fingerprint density at radius 3 is 2.64 bits per heavy atom. The van der Waals surface area contributed by atoms with E-state index in [1.165, 1.54) is 0 Å². The summed E-state index contributed by atoms with van der Waals surface area (Å²) in [7, 11) is 0. The van der Waals surface area contributed by atoms with Gasteiger partial charge in [0.15, 0.2) is 0 Å². The SMILES string of the molecule is S.c1ccc2nnccc2c1. The number of aromatic nitrogens is 2. The molecule has 0 atom stereocenters. The largest absolute Gasteiger partial charge is 0.197 e. The zero-order chi connectivity index (χ0) is 6.81. The van der Waals surface area contributed by atoms with Gasteiger partial charge in [0.2, 0.25) is 0 Å². The van der Waals surface area contributed by atoms with Gasteiger partial charge in [0.1, 0.15) is 0 Å². The molecule has 0 bridgehead atoms. The smallest absolute Gasteiger partial charge is 0.0929 e. The molecule has 0 spiro atoms. The first kappa shape index (κ1) is 8.01. The van der Waals surface area contributed by atoms with E-state index >= 15 is 0 Å². The van der Waals surface area contributed by atoms with Gasteiger partial charge in [0.25, 0.3) is 0 Å². The maximum absolute atomic E-state index is 3.93. The Labute approximate surface area is 71.7 Å². The van der Waals surface area contributed by atoms with Gasteiger partial charge in [-0.15, -0.1) is 0 Å². The molecule has 0 radical (unpaired) electrons. The Morgan fingerprint density at radius 1 is 1.00 bits per heavy atom. The van der Waals surface area contributed by atoms with Gasteiger partial charge in [-0.3, -0.25) is 0 Å². The summed E-state index contributed by atoms with van der Waals surface area (Å²) in [5, 5.41) is 8.83. The molecule has 56 valence electrons. The third-order valence-corrected chi connectivity index (χ3v) is 1.42. The molecule has 2 rings (SSSR count). The second-order valence-electron chi connectivity index (χ2n) is 2.09. The fourth-order valence-corrected chi connectivity index (χ4v) is 0.929. The highest BCUT2D eigenvalue weighted by molar-refractivity contribution is 7.59. The third kappa shape index (κ3) is 1.49. The molecule has 0 saturated carbocycles.